The van der Waals surface area contributed by atoms with Gasteiger partial charge in [0, 0.05) is 30.0 Å². The summed E-state index contributed by atoms with van der Waals surface area (Å²) in [5, 5.41) is 5.62. The van der Waals surface area contributed by atoms with E-state index in [0.29, 0.717) is 0 Å². The average molecular weight is 239 g/mol. The van der Waals surface area contributed by atoms with Gasteiger partial charge >= 0.3 is 0 Å². The van der Waals surface area contributed by atoms with Crippen molar-refractivity contribution in [3.05, 3.63) is 54.0 Å². The quantitative estimate of drug-likeness (QED) is 0.688. The molecule has 1 aromatic carbocycles. The molecule has 0 amide bonds. The molecule has 0 N–H and O–H groups in total. The summed E-state index contributed by atoms with van der Waals surface area (Å²) >= 11 is 0. The standard InChI is InChI=1S/C15H17N3/c1-3-18-11-13(9-16-18)10-17-7-6-14-8-12(2)4-5-15(14)17/h4-9,11H,3,10H2,1-2H3. The zero-order valence-corrected chi connectivity index (χ0v) is 10.8. The normalized spacial score (nSPS) is 11.2. The van der Waals surface area contributed by atoms with Crippen LogP contribution in [0, 0.1) is 6.92 Å². The number of aromatic nitrogens is 3. The first kappa shape index (κ1) is 11.1. The third-order valence-electron chi connectivity index (χ3n) is 3.29. The number of rotatable bonds is 3. The van der Waals surface area contributed by atoms with Crippen molar-refractivity contribution in [2.45, 2.75) is 26.9 Å². The van der Waals surface area contributed by atoms with E-state index >= 15 is 0 Å². The molecule has 0 aliphatic rings. The monoisotopic (exact) mass is 239 g/mol. The van der Waals surface area contributed by atoms with E-state index in [2.05, 4.69) is 60.2 Å². The maximum Gasteiger partial charge on any atom is 0.0539 e. The Morgan fingerprint density at radius 1 is 1.22 bits per heavy atom. The molecule has 0 radical (unpaired) electrons. The second-order valence-electron chi connectivity index (χ2n) is 4.71. The highest BCUT2D eigenvalue weighted by Gasteiger charge is 2.03. The Kier molecular flexibility index (Phi) is 2.67. The highest BCUT2D eigenvalue weighted by molar-refractivity contribution is 5.80. The largest absolute Gasteiger partial charge is 0.343 e. The van der Waals surface area contributed by atoms with E-state index in [-0.39, 0.29) is 0 Å². The fraction of sp³-hybridized carbons (Fsp3) is 0.267. The van der Waals surface area contributed by atoms with Gasteiger partial charge in [0.1, 0.15) is 0 Å². The molecule has 0 saturated heterocycles. The molecule has 0 fully saturated rings. The van der Waals surface area contributed by atoms with Crippen LogP contribution in [0.1, 0.15) is 18.1 Å². The van der Waals surface area contributed by atoms with Crippen LogP contribution in [0.15, 0.2) is 42.9 Å². The lowest BCUT2D eigenvalue weighted by Gasteiger charge is -2.03. The van der Waals surface area contributed by atoms with E-state index in [9.17, 15) is 0 Å². The molecule has 2 heterocycles. The molecule has 3 nitrogen and oxygen atoms in total. The van der Waals surface area contributed by atoms with Crippen LogP contribution >= 0.6 is 0 Å². The summed E-state index contributed by atoms with van der Waals surface area (Å²) in [4.78, 5) is 0. The fourth-order valence-corrected chi connectivity index (χ4v) is 2.32. The molecule has 0 spiro atoms. The minimum atomic E-state index is 0.882. The van der Waals surface area contributed by atoms with E-state index in [1.807, 2.05) is 10.9 Å². The highest BCUT2D eigenvalue weighted by atomic mass is 15.3. The summed E-state index contributed by atoms with van der Waals surface area (Å²) < 4.78 is 4.23. The molecule has 0 saturated carbocycles. The summed E-state index contributed by atoms with van der Waals surface area (Å²) in [5.74, 6) is 0. The third-order valence-corrected chi connectivity index (χ3v) is 3.29. The van der Waals surface area contributed by atoms with Crippen molar-refractivity contribution in [1.82, 2.24) is 14.3 Å². The molecule has 0 aliphatic heterocycles. The van der Waals surface area contributed by atoms with Gasteiger partial charge in [-0.25, -0.2) is 0 Å². The minimum absolute atomic E-state index is 0.882. The number of benzene rings is 1. The predicted octanol–water partition coefficient (Wildman–Crippen LogP) is 3.21. The Morgan fingerprint density at radius 3 is 2.89 bits per heavy atom. The van der Waals surface area contributed by atoms with Gasteiger partial charge in [-0.15, -0.1) is 0 Å². The summed E-state index contributed by atoms with van der Waals surface area (Å²) in [6, 6.07) is 8.75. The lowest BCUT2D eigenvalue weighted by Crippen LogP contribution is -1.97. The molecule has 0 unspecified atom stereocenters. The van der Waals surface area contributed by atoms with Crippen LogP contribution in [-0.2, 0) is 13.1 Å². The molecule has 3 heteroatoms. The molecule has 0 bridgehead atoms. The lowest BCUT2D eigenvalue weighted by atomic mass is 10.2. The van der Waals surface area contributed by atoms with Gasteiger partial charge in [0.15, 0.2) is 0 Å². The number of nitrogens with zero attached hydrogens (tertiary/aromatic N) is 3. The summed E-state index contributed by atoms with van der Waals surface area (Å²) in [7, 11) is 0. The van der Waals surface area contributed by atoms with Crippen LogP contribution < -0.4 is 0 Å². The van der Waals surface area contributed by atoms with Crippen LogP contribution in [0.25, 0.3) is 10.9 Å². The first-order valence-electron chi connectivity index (χ1n) is 6.33. The number of fused-ring (bicyclic) bond motifs is 1. The van der Waals surface area contributed by atoms with Crippen LogP contribution in [0.2, 0.25) is 0 Å². The van der Waals surface area contributed by atoms with Gasteiger partial charge in [-0.2, -0.15) is 5.10 Å². The topological polar surface area (TPSA) is 22.8 Å². The van der Waals surface area contributed by atoms with E-state index in [1.54, 1.807) is 0 Å². The smallest absolute Gasteiger partial charge is 0.0539 e. The number of hydrogen-bond acceptors (Lipinski definition) is 1. The van der Waals surface area contributed by atoms with Crippen LogP contribution in [-0.4, -0.2) is 14.3 Å². The first-order chi connectivity index (χ1) is 8.76. The molecule has 3 rings (SSSR count). The minimum Gasteiger partial charge on any atom is -0.343 e. The Labute approximate surface area is 107 Å². The average Bonchev–Trinajstić information content (AvgIpc) is 2.97. The lowest BCUT2D eigenvalue weighted by molar-refractivity contribution is 0.658. The van der Waals surface area contributed by atoms with Crippen molar-refractivity contribution in [3.63, 3.8) is 0 Å². The van der Waals surface area contributed by atoms with Crippen LogP contribution in [0.5, 0.6) is 0 Å². The highest BCUT2D eigenvalue weighted by Crippen LogP contribution is 2.18. The fourth-order valence-electron chi connectivity index (χ4n) is 2.32. The zero-order chi connectivity index (χ0) is 12.5. The van der Waals surface area contributed by atoms with Gasteiger partial charge in [-0.3, -0.25) is 4.68 Å². The molecule has 92 valence electrons. The first-order valence-corrected chi connectivity index (χ1v) is 6.33. The number of hydrogen-bond donors (Lipinski definition) is 0. The Balaban J connectivity index is 1.95. The molecule has 2 aromatic heterocycles. The van der Waals surface area contributed by atoms with Gasteiger partial charge in [-0.05, 0) is 37.4 Å². The van der Waals surface area contributed by atoms with Gasteiger partial charge in [0.2, 0.25) is 0 Å². The van der Waals surface area contributed by atoms with Gasteiger partial charge in [0.05, 0.1) is 12.7 Å². The van der Waals surface area contributed by atoms with Crippen LogP contribution in [0.3, 0.4) is 0 Å². The van der Waals surface area contributed by atoms with Gasteiger partial charge in [0.25, 0.3) is 0 Å². The van der Waals surface area contributed by atoms with E-state index < -0.39 is 0 Å². The van der Waals surface area contributed by atoms with Gasteiger partial charge in [-0.1, -0.05) is 11.6 Å². The van der Waals surface area contributed by atoms with Crippen LogP contribution in [0.4, 0.5) is 0 Å². The second kappa shape index (κ2) is 4.33. The molecule has 0 atom stereocenters. The number of aryl methyl sites for hydroxylation is 2. The van der Waals surface area contributed by atoms with Crippen molar-refractivity contribution in [3.8, 4) is 0 Å². The maximum atomic E-state index is 4.31. The Hall–Kier alpha value is -2.03. The predicted molar refractivity (Wildman–Crippen MR) is 73.7 cm³/mol. The molecule has 0 aliphatic carbocycles. The van der Waals surface area contributed by atoms with E-state index in [4.69, 9.17) is 0 Å². The van der Waals surface area contributed by atoms with E-state index in [0.717, 1.165) is 13.1 Å². The Morgan fingerprint density at radius 2 is 2.11 bits per heavy atom. The molecule has 3 aromatic rings. The summed E-state index contributed by atoms with van der Waals surface area (Å²) in [6.45, 7) is 6.03. The Bertz CT molecular complexity index is 676. The SMILES string of the molecule is CCn1cc(Cn2ccc3cc(C)ccc32)cn1. The maximum absolute atomic E-state index is 4.31. The molecular formula is C15H17N3. The van der Waals surface area contributed by atoms with E-state index in [1.165, 1.54) is 22.0 Å². The van der Waals surface area contributed by atoms with Crippen molar-refractivity contribution in [1.29, 1.82) is 0 Å². The third kappa shape index (κ3) is 1.92. The molecule has 18 heavy (non-hydrogen) atoms. The van der Waals surface area contributed by atoms with Crippen molar-refractivity contribution >= 4 is 10.9 Å². The van der Waals surface area contributed by atoms with Crippen molar-refractivity contribution in [2.24, 2.45) is 0 Å². The van der Waals surface area contributed by atoms with Gasteiger partial charge < -0.3 is 4.57 Å². The summed E-state index contributed by atoms with van der Waals surface area (Å²) in [6.07, 6.45) is 6.21. The summed E-state index contributed by atoms with van der Waals surface area (Å²) in [5.41, 5.74) is 3.83. The van der Waals surface area contributed by atoms with Crippen molar-refractivity contribution in [2.75, 3.05) is 0 Å². The second-order valence-corrected chi connectivity index (χ2v) is 4.71. The van der Waals surface area contributed by atoms with Crippen molar-refractivity contribution < 1.29 is 0 Å². The zero-order valence-electron chi connectivity index (χ0n) is 10.8. The molecular weight excluding hydrogens is 222 g/mol.